The van der Waals surface area contributed by atoms with E-state index in [-0.39, 0.29) is 30.5 Å². The highest BCUT2D eigenvalue weighted by Gasteiger charge is 2.24. The summed E-state index contributed by atoms with van der Waals surface area (Å²) >= 11 is 0. The topological polar surface area (TPSA) is 91.0 Å². The third-order valence-electron chi connectivity index (χ3n) is 4.39. The van der Waals surface area contributed by atoms with Gasteiger partial charge in [-0.25, -0.2) is 4.39 Å². The summed E-state index contributed by atoms with van der Waals surface area (Å²) in [4.78, 5) is 10.8. The maximum Gasteiger partial charge on any atom is 0.303 e. The van der Waals surface area contributed by atoms with Crippen LogP contribution in [0.1, 0.15) is 31.5 Å². The van der Waals surface area contributed by atoms with Gasteiger partial charge >= 0.3 is 5.97 Å². The first-order valence-electron chi connectivity index (χ1n) is 9.80. The summed E-state index contributed by atoms with van der Waals surface area (Å²) in [6, 6.07) is 11.5. The first kappa shape index (κ1) is 22.1. The Labute approximate surface area is 179 Å². The molecule has 0 amide bonds. The minimum Gasteiger partial charge on any atom is -0.497 e. The Hall–Kier alpha value is -3.55. The third-order valence-corrected chi connectivity index (χ3v) is 4.39. The lowest BCUT2D eigenvalue weighted by molar-refractivity contribution is -0.136. The van der Waals surface area contributed by atoms with Crippen molar-refractivity contribution in [3.63, 3.8) is 0 Å². The lowest BCUT2D eigenvalue weighted by Gasteiger charge is -2.12. The van der Waals surface area contributed by atoms with E-state index >= 15 is 0 Å². The molecule has 1 heterocycles. The van der Waals surface area contributed by atoms with Crippen LogP contribution in [-0.2, 0) is 17.8 Å². The van der Waals surface area contributed by atoms with Crippen LogP contribution in [0.2, 0.25) is 0 Å². The fourth-order valence-electron chi connectivity index (χ4n) is 2.93. The number of ether oxygens (including phenoxy) is 3. The van der Waals surface area contributed by atoms with Crippen molar-refractivity contribution in [1.29, 1.82) is 0 Å². The molecule has 2 aromatic carbocycles. The summed E-state index contributed by atoms with van der Waals surface area (Å²) < 4.78 is 36.8. The van der Waals surface area contributed by atoms with Crippen molar-refractivity contribution in [2.45, 2.75) is 39.4 Å². The molecule has 164 valence electrons. The molecule has 3 aromatic rings. The molecule has 7 nitrogen and oxygen atoms in total. The van der Waals surface area contributed by atoms with Crippen LogP contribution < -0.4 is 14.2 Å². The van der Waals surface area contributed by atoms with Gasteiger partial charge in [-0.2, -0.15) is 0 Å². The summed E-state index contributed by atoms with van der Waals surface area (Å²) in [5, 5.41) is 12.9. The van der Waals surface area contributed by atoms with Crippen LogP contribution in [0.3, 0.4) is 0 Å². The summed E-state index contributed by atoms with van der Waals surface area (Å²) in [7, 11) is 1.49. The van der Waals surface area contributed by atoms with Gasteiger partial charge in [0.15, 0.2) is 11.4 Å². The Balaban J connectivity index is 1.84. The maximum atomic E-state index is 14.5. The van der Waals surface area contributed by atoms with E-state index in [0.29, 0.717) is 29.4 Å². The van der Waals surface area contributed by atoms with E-state index in [1.807, 2.05) is 19.9 Å². The normalized spacial score (nSPS) is 10.9. The molecule has 0 radical (unpaired) electrons. The zero-order valence-electron chi connectivity index (χ0n) is 17.6. The standard InChI is InChI=1S/C23H24FNO6/c1-14(2)30-23-20(13-29-17-6-4-5-15(11-17)7-10-21(26)27)25-31-22(23)18-12-16(28-3)8-9-19(18)24/h4-6,8-9,11-12,14H,7,10,13H2,1-3H3,(H,26,27). The molecule has 0 unspecified atom stereocenters. The lowest BCUT2D eigenvalue weighted by Crippen LogP contribution is -2.09. The second-order valence-electron chi connectivity index (χ2n) is 7.13. The average molecular weight is 429 g/mol. The van der Waals surface area contributed by atoms with Crippen LogP contribution in [-0.4, -0.2) is 29.4 Å². The number of carbonyl (C=O) groups is 1. The quantitative estimate of drug-likeness (QED) is 0.491. The predicted octanol–water partition coefficient (Wildman–Crippen LogP) is 4.87. The average Bonchev–Trinajstić information content (AvgIpc) is 3.13. The number of aryl methyl sites for hydroxylation is 1. The van der Waals surface area contributed by atoms with E-state index in [4.69, 9.17) is 23.8 Å². The smallest absolute Gasteiger partial charge is 0.303 e. The van der Waals surface area contributed by atoms with Crippen LogP contribution in [0.15, 0.2) is 47.0 Å². The molecule has 3 rings (SSSR count). The molecule has 8 heteroatoms. The van der Waals surface area contributed by atoms with Gasteiger partial charge in [-0.05, 0) is 56.2 Å². The second-order valence-corrected chi connectivity index (χ2v) is 7.13. The molecule has 0 aliphatic heterocycles. The zero-order valence-corrected chi connectivity index (χ0v) is 17.6. The van der Waals surface area contributed by atoms with Crippen molar-refractivity contribution >= 4 is 5.97 Å². The Morgan fingerprint density at radius 3 is 2.71 bits per heavy atom. The molecule has 1 aromatic heterocycles. The van der Waals surface area contributed by atoms with Crippen molar-refractivity contribution in [2.24, 2.45) is 0 Å². The second kappa shape index (κ2) is 9.97. The lowest BCUT2D eigenvalue weighted by atomic mass is 10.1. The van der Waals surface area contributed by atoms with Crippen LogP contribution in [0.4, 0.5) is 4.39 Å². The Kier molecular flexibility index (Phi) is 7.12. The Morgan fingerprint density at radius 2 is 2.00 bits per heavy atom. The maximum absolute atomic E-state index is 14.5. The first-order chi connectivity index (χ1) is 14.9. The van der Waals surface area contributed by atoms with Gasteiger partial charge in [-0.15, -0.1) is 0 Å². The summed E-state index contributed by atoms with van der Waals surface area (Å²) in [5.74, 6) is 0.115. The summed E-state index contributed by atoms with van der Waals surface area (Å²) in [6.07, 6.45) is 0.233. The largest absolute Gasteiger partial charge is 0.497 e. The van der Waals surface area contributed by atoms with Gasteiger partial charge in [0.25, 0.3) is 0 Å². The minimum atomic E-state index is -0.860. The fourth-order valence-corrected chi connectivity index (χ4v) is 2.93. The van der Waals surface area contributed by atoms with Gasteiger partial charge in [-0.3, -0.25) is 4.79 Å². The Morgan fingerprint density at radius 1 is 1.19 bits per heavy atom. The van der Waals surface area contributed by atoms with Crippen molar-refractivity contribution < 1.29 is 33.0 Å². The molecule has 0 spiro atoms. The fraction of sp³-hybridized carbons (Fsp3) is 0.304. The minimum absolute atomic E-state index is 0.0273. The molecular weight excluding hydrogens is 405 g/mol. The monoisotopic (exact) mass is 429 g/mol. The van der Waals surface area contributed by atoms with Crippen molar-refractivity contribution in [3.8, 4) is 28.6 Å². The van der Waals surface area contributed by atoms with Gasteiger partial charge in [0, 0.05) is 6.42 Å². The van der Waals surface area contributed by atoms with Crippen molar-refractivity contribution in [2.75, 3.05) is 7.11 Å². The van der Waals surface area contributed by atoms with Gasteiger partial charge < -0.3 is 23.8 Å². The molecule has 0 aliphatic carbocycles. The molecule has 31 heavy (non-hydrogen) atoms. The van der Waals surface area contributed by atoms with E-state index in [1.54, 1.807) is 18.2 Å². The highest BCUT2D eigenvalue weighted by Crippen LogP contribution is 2.37. The summed E-state index contributed by atoms with van der Waals surface area (Å²) in [6.45, 7) is 3.71. The van der Waals surface area contributed by atoms with Crippen molar-refractivity contribution in [1.82, 2.24) is 5.16 Å². The SMILES string of the molecule is COc1ccc(F)c(-c2onc(COc3cccc(CCC(=O)O)c3)c2OC(C)C)c1. The van der Waals surface area contributed by atoms with Gasteiger partial charge in [0.2, 0.25) is 5.76 Å². The third kappa shape index (κ3) is 5.75. The van der Waals surface area contributed by atoms with E-state index in [0.717, 1.165) is 5.56 Å². The number of aliphatic carboxylic acids is 1. The molecule has 1 N–H and O–H groups in total. The number of rotatable bonds is 10. The highest BCUT2D eigenvalue weighted by atomic mass is 19.1. The molecule has 0 saturated carbocycles. The van der Waals surface area contributed by atoms with Crippen molar-refractivity contribution in [3.05, 3.63) is 59.5 Å². The number of carboxylic acids is 1. The Bertz CT molecular complexity index is 1050. The number of carboxylic acid groups (broad SMARTS) is 1. The number of benzene rings is 2. The van der Waals surface area contributed by atoms with Crippen LogP contribution in [0, 0.1) is 5.82 Å². The number of methoxy groups -OCH3 is 1. The van der Waals surface area contributed by atoms with Crippen LogP contribution >= 0.6 is 0 Å². The molecule has 0 saturated heterocycles. The number of aromatic nitrogens is 1. The summed E-state index contributed by atoms with van der Waals surface area (Å²) in [5.41, 5.74) is 1.39. The van der Waals surface area contributed by atoms with E-state index in [1.165, 1.54) is 25.3 Å². The number of nitrogens with zero attached hydrogens (tertiary/aromatic N) is 1. The predicted molar refractivity (Wildman–Crippen MR) is 111 cm³/mol. The number of halogens is 1. The van der Waals surface area contributed by atoms with Crippen LogP contribution in [0.25, 0.3) is 11.3 Å². The number of hydrogen-bond acceptors (Lipinski definition) is 6. The van der Waals surface area contributed by atoms with Gasteiger partial charge in [0.1, 0.15) is 23.9 Å². The number of hydrogen-bond donors (Lipinski definition) is 1. The molecule has 0 fully saturated rings. The molecule has 0 bridgehead atoms. The van der Waals surface area contributed by atoms with E-state index in [9.17, 15) is 9.18 Å². The molecule has 0 atom stereocenters. The zero-order chi connectivity index (χ0) is 22.4. The highest BCUT2D eigenvalue weighted by molar-refractivity contribution is 5.68. The first-order valence-corrected chi connectivity index (χ1v) is 9.80. The van der Waals surface area contributed by atoms with Crippen LogP contribution in [0.5, 0.6) is 17.2 Å². The van der Waals surface area contributed by atoms with E-state index in [2.05, 4.69) is 5.16 Å². The van der Waals surface area contributed by atoms with Gasteiger partial charge in [0.05, 0.1) is 18.8 Å². The van der Waals surface area contributed by atoms with Gasteiger partial charge in [-0.1, -0.05) is 17.3 Å². The molecular formula is C23H24FNO6. The molecule has 0 aliphatic rings. The van der Waals surface area contributed by atoms with E-state index < -0.39 is 11.8 Å².